The molecule has 0 radical (unpaired) electrons. The molecule has 0 spiro atoms. The SMILES string of the molecule is CCN(CCCN)CCOC. The molecule has 0 heterocycles. The van der Waals surface area contributed by atoms with Gasteiger partial charge < -0.3 is 15.4 Å². The molecule has 0 bridgehead atoms. The van der Waals surface area contributed by atoms with Gasteiger partial charge in [-0.2, -0.15) is 0 Å². The molecule has 0 aliphatic heterocycles. The fraction of sp³-hybridized carbons (Fsp3) is 1.00. The van der Waals surface area contributed by atoms with Gasteiger partial charge in [0.15, 0.2) is 0 Å². The van der Waals surface area contributed by atoms with Crippen molar-refractivity contribution in [2.75, 3.05) is 39.9 Å². The van der Waals surface area contributed by atoms with E-state index in [-0.39, 0.29) is 0 Å². The number of ether oxygens (including phenoxy) is 1. The lowest BCUT2D eigenvalue weighted by molar-refractivity contribution is 0.150. The number of hydrogen-bond acceptors (Lipinski definition) is 3. The first-order valence-electron chi connectivity index (χ1n) is 4.26. The molecule has 2 N–H and O–H groups in total. The highest BCUT2D eigenvalue weighted by molar-refractivity contribution is 4.54. The maximum Gasteiger partial charge on any atom is 0.0589 e. The summed E-state index contributed by atoms with van der Waals surface area (Å²) in [5, 5.41) is 0. The minimum atomic E-state index is 0.781. The molecule has 0 unspecified atom stereocenters. The van der Waals surface area contributed by atoms with Crippen molar-refractivity contribution in [2.24, 2.45) is 5.73 Å². The smallest absolute Gasteiger partial charge is 0.0589 e. The van der Waals surface area contributed by atoms with Crippen molar-refractivity contribution in [3.63, 3.8) is 0 Å². The number of methoxy groups -OCH3 is 1. The summed E-state index contributed by atoms with van der Waals surface area (Å²) < 4.78 is 4.98. The Morgan fingerprint density at radius 1 is 1.36 bits per heavy atom. The Bertz CT molecular complexity index is 70.5. The van der Waals surface area contributed by atoms with E-state index in [0.717, 1.165) is 39.2 Å². The molecule has 11 heavy (non-hydrogen) atoms. The van der Waals surface area contributed by atoms with Crippen LogP contribution in [-0.2, 0) is 4.74 Å². The van der Waals surface area contributed by atoms with Crippen molar-refractivity contribution >= 4 is 0 Å². The van der Waals surface area contributed by atoms with Crippen LogP contribution >= 0.6 is 0 Å². The first-order valence-corrected chi connectivity index (χ1v) is 4.26. The Morgan fingerprint density at radius 2 is 2.09 bits per heavy atom. The fourth-order valence-corrected chi connectivity index (χ4v) is 0.963. The summed E-state index contributed by atoms with van der Waals surface area (Å²) >= 11 is 0. The van der Waals surface area contributed by atoms with Crippen LogP contribution in [0.1, 0.15) is 13.3 Å². The van der Waals surface area contributed by atoms with Gasteiger partial charge >= 0.3 is 0 Å². The lowest BCUT2D eigenvalue weighted by Gasteiger charge is -2.18. The number of rotatable bonds is 7. The van der Waals surface area contributed by atoms with Gasteiger partial charge in [-0.15, -0.1) is 0 Å². The van der Waals surface area contributed by atoms with E-state index in [0.29, 0.717) is 0 Å². The Morgan fingerprint density at radius 3 is 2.55 bits per heavy atom. The van der Waals surface area contributed by atoms with Gasteiger partial charge in [0.1, 0.15) is 0 Å². The summed E-state index contributed by atoms with van der Waals surface area (Å²) in [5.74, 6) is 0. The molecule has 0 atom stereocenters. The van der Waals surface area contributed by atoms with Crippen molar-refractivity contribution in [3.05, 3.63) is 0 Å². The van der Waals surface area contributed by atoms with E-state index >= 15 is 0 Å². The molecule has 3 nitrogen and oxygen atoms in total. The van der Waals surface area contributed by atoms with Gasteiger partial charge in [0.2, 0.25) is 0 Å². The molecule has 3 heteroatoms. The van der Waals surface area contributed by atoms with Crippen LogP contribution in [0.15, 0.2) is 0 Å². The van der Waals surface area contributed by atoms with Crippen molar-refractivity contribution in [1.29, 1.82) is 0 Å². The zero-order chi connectivity index (χ0) is 8.53. The highest BCUT2D eigenvalue weighted by atomic mass is 16.5. The predicted octanol–water partition coefficient (Wildman–Crippen LogP) is 0.304. The largest absolute Gasteiger partial charge is 0.383 e. The maximum atomic E-state index is 5.40. The van der Waals surface area contributed by atoms with E-state index < -0.39 is 0 Å². The molecule has 0 rings (SSSR count). The van der Waals surface area contributed by atoms with Gasteiger partial charge in [-0.3, -0.25) is 0 Å². The van der Waals surface area contributed by atoms with Crippen LogP contribution in [0.25, 0.3) is 0 Å². The Labute approximate surface area is 69.5 Å². The standard InChI is InChI=1S/C8H20N2O/c1-3-10(6-4-5-9)7-8-11-2/h3-9H2,1-2H3. The lowest BCUT2D eigenvalue weighted by Crippen LogP contribution is -2.29. The highest BCUT2D eigenvalue weighted by Gasteiger charge is 1.99. The van der Waals surface area contributed by atoms with Crippen LogP contribution in [0, 0.1) is 0 Å². The zero-order valence-electron chi connectivity index (χ0n) is 7.68. The summed E-state index contributed by atoms with van der Waals surface area (Å²) in [6.07, 6.45) is 1.08. The van der Waals surface area contributed by atoms with Crippen molar-refractivity contribution in [2.45, 2.75) is 13.3 Å². The fourth-order valence-electron chi connectivity index (χ4n) is 0.963. The summed E-state index contributed by atoms with van der Waals surface area (Å²) in [7, 11) is 1.73. The minimum absolute atomic E-state index is 0.781. The zero-order valence-corrected chi connectivity index (χ0v) is 7.68. The average molecular weight is 160 g/mol. The third kappa shape index (κ3) is 6.28. The van der Waals surface area contributed by atoms with Gasteiger partial charge in [-0.05, 0) is 26.1 Å². The topological polar surface area (TPSA) is 38.5 Å². The quantitative estimate of drug-likeness (QED) is 0.582. The number of likely N-dealkylation sites (N-methyl/N-ethyl adjacent to an activating group) is 1. The van der Waals surface area contributed by atoms with Crippen molar-refractivity contribution in [3.8, 4) is 0 Å². The van der Waals surface area contributed by atoms with Crippen LogP contribution < -0.4 is 5.73 Å². The minimum Gasteiger partial charge on any atom is -0.383 e. The summed E-state index contributed by atoms with van der Waals surface area (Å²) in [4.78, 5) is 2.34. The van der Waals surface area contributed by atoms with Crippen LogP contribution in [0.4, 0.5) is 0 Å². The van der Waals surface area contributed by atoms with Crippen molar-refractivity contribution < 1.29 is 4.74 Å². The van der Waals surface area contributed by atoms with E-state index in [1.54, 1.807) is 7.11 Å². The molecule has 68 valence electrons. The van der Waals surface area contributed by atoms with Crippen LogP contribution in [0.5, 0.6) is 0 Å². The Hall–Kier alpha value is -0.120. The third-order valence-corrected chi connectivity index (χ3v) is 1.74. The first kappa shape index (κ1) is 10.9. The molecular formula is C8H20N2O. The maximum absolute atomic E-state index is 5.40. The monoisotopic (exact) mass is 160 g/mol. The van der Waals surface area contributed by atoms with E-state index in [4.69, 9.17) is 10.5 Å². The Kier molecular flexibility index (Phi) is 7.89. The molecule has 0 aliphatic rings. The number of hydrogen-bond donors (Lipinski definition) is 1. The molecule has 0 saturated carbocycles. The molecule has 0 saturated heterocycles. The normalized spacial score (nSPS) is 10.9. The lowest BCUT2D eigenvalue weighted by atomic mass is 10.4. The average Bonchev–Trinajstić information content (AvgIpc) is 2.05. The van der Waals surface area contributed by atoms with Gasteiger partial charge in [0, 0.05) is 13.7 Å². The first-order chi connectivity index (χ1) is 5.35. The number of nitrogens with two attached hydrogens (primary N) is 1. The van der Waals surface area contributed by atoms with Gasteiger partial charge in [-0.1, -0.05) is 6.92 Å². The van der Waals surface area contributed by atoms with Crippen LogP contribution in [0.2, 0.25) is 0 Å². The van der Waals surface area contributed by atoms with E-state index in [2.05, 4.69) is 11.8 Å². The van der Waals surface area contributed by atoms with Gasteiger partial charge in [-0.25, -0.2) is 0 Å². The molecule has 0 aliphatic carbocycles. The summed E-state index contributed by atoms with van der Waals surface area (Å²) in [6, 6.07) is 0. The van der Waals surface area contributed by atoms with Crippen LogP contribution in [0.3, 0.4) is 0 Å². The second kappa shape index (κ2) is 7.98. The second-order valence-electron chi connectivity index (χ2n) is 2.57. The molecular weight excluding hydrogens is 140 g/mol. The van der Waals surface area contributed by atoms with E-state index in [1.807, 2.05) is 0 Å². The third-order valence-electron chi connectivity index (χ3n) is 1.74. The molecule has 0 amide bonds. The predicted molar refractivity (Wildman–Crippen MR) is 47.7 cm³/mol. The second-order valence-corrected chi connectivity index (χ2v) is 2.57. The number of nitrogens with zero attached hydrogens (tertiary/aromatic N) is 1. The molecule has 0 aromatic rings. The summed E-state index contributed by atoms with van der Waals surface area (Å²) in [5.41, 5.74) is 5.40. The van der Waals surface area contributed by atoms with Crippen molar-refractivity contribution in [1.82, 2.24) is 4.90 Å². The summed E-state index contributed by atoms with van der Waals surface area (Å²) in [6.45, 7) is 6.96. The molecule has 0 aromatic heterocycles. The Balaban J connectivity index is 3.25. The molecule has 0 fully saturated rings. The van der Waals surface area contributed by atoms with Crippen LogP contribution in [-0.4, -0.2) is 44.8 Å². The molecule has 0 aromatic carbocycles. The van der Waals surface area contributed by atoms with E-state index in [9.17, 15) is 0 Å². The van der Waals surface area contributed by atoms with Gasteiger partial charge in [0.05, 0.1) is 6.61 Å². The highest BCUT2D eigenvalue weighted by Crippen LogP contribution is 1.89. The van der Waals surface area contributed by atoms with Gasteiger partial charge in [0.25, 0.3) is 0 Å². The van der Waals surface area contributed by atoms with E-state index in [1.165, 1.54) is 0 Å².